The van der Waals surface area contributed by atoms with Crippen molar-refractivity contribution in [3.8, 4) is 5.75 Å². The lowest BCUT2D eigenvalue weighted by atomic mass is 10.1. The number of hydrogen-bond acceptors (Lipinski definition) is 4. The number of hydrogen-bond donors (Lipinski definition) is 1. The van der Waals surface area contributed by atoms with Crippen molar-refractivity contribution in [3.63, 3.8) is 0 Å². The highest BCUT2D eigenvalue weighted by Crippen LogP contribution is 2.19. The monoisotopic (exact) mass is 290 g/mol. The van der Waals surface area contributed by atoms with E-state index in [1.54, 1.807) is 11.3 Å². The minimum atomic E-state index is 0.686. The third-order valence-electron chi connectivity index (χ3n) is 3.08. The van der Waals surface area contributed by atoms with Crippen molar-refractivity contribution in [2.45, 2.75) is 33.2 Å². The average molecular weight is 290 g/mol. The molecule has 1 heterocycles. The van der Waals surface area contributed by atoms with Crippen LogP contribution in [0.2, 0.25) is 0 Å². The SMILES string of the molecule is CCNCc1csc(CCOc2ccccc2CC)n1. The van der Waals surface area contributed by atoms with Crippen LogP contribution < -0.4 is 10.1 Å². The Labute approximate surface area is 125 Å². The summed E-state index contributed by atoms with van der Waals surface area (Å²) in [6.45, 7) is 6.77. The summed E-state index contributed by atoms with van der Waals surface area (Å²) in [4.78, 5) is 4.60. The van der Waals surface area contributed by atoms with E-state index in [1.807, 2.05) is 12.1 Å². The second-order valence-corrected chi connectivity index (χ2v) is 5.52. The largest absolute Gasteiger partial charge is 0.493 e. The maximum Gasteiger partial charge on any atom is 0.122 e. The first kappa shape index (κ1) is 15.0. The topological polar surface area (TPSA) is 34.1 Å². The summed E-state index contributed by atoms with van der Waals surface area (Å²) in [5, 5.41) is 6.56. The normalized spacial score (nSPS) is 10.7. The molecule has 1 aromatic carbocycles. The Kier molecular flexibility index (Phi) is 6.02. The van der Waals surface area contributed by atoms with Crippen molar-refractivity contribution >= 4 is 11.3 Å². The molecule has 0 aliphatic rings. The van der Waals surface area contributed by atoms with Gasteiger partial charge < -0.3 is 10.1 Å². The van der Waals surface area contributed by atoms with E-state index in [-0.39, 0.29) is 0 Å². The molecule has 0 bridgehead atoms. The molecule has 1 aromatic heterocycles. The predicted octanol–water partition coefficient (Wildman–Crippen LogP) is 3.44. The van der Waals surface area contributed by atoms with Gasteiger partial charge in [-0.05, 0) is 24.6 Å². The summed E-state index contributed by atoms with van der Waals surface area (Å²) in [6, 6.07) is 8.23. The van der Waals surface area contributed by atoms with Crippen LogP contribution in [0, 0.1) is 0 Å². The lowest BCUT2D eigenvalue weighted by Crippen LogP contribution is -2.12. The molecule has 0 saturated heterocycles. The summed E-state index contributed by atoms with van der Waals surface area (Å²) >= 11 is 1.71. The average Bonchev–Trinajstić information content (AvgIpc) is 2.93. The van der Waals surface area contributed by atoms with Crippen molar-refractivity contribution in [1.29, 1.82) is 0 Å². The van der Waals surface area contributed by atoms with Gasteiger partial charge in [0.2, 0.25) is 0 Å². The van der Waals surface area contributed by atoms with Gasteiger partial charge in [-0.25, -0.2) is 4.98 Å². The van der Waals surface area contributed by atoms with Gasteiger partial charge in [-0.1, -0.05) is 32.0 Å². The van der Waals surface area contributed by atoms with Crippen molar-refractivity contribution in [2.24, 2.45) is 0 Å². The molecule has 108 valence electrons. The van der Waals surface area contributed by atoms with E-state index in [1.165, 1.54) is 5.56 Å². The van der Waals surface area contributed by atoms with Crippen LogP contribution in [0.3, 0.4) is 0 Å². The zero-order valence-electron chi connectivity index (χ0n) is 12.2. The molecule has 3 nitrogen and oxygen atoms in total. The fourth-order valence-electron chi connectivity index (χ4n) is 1.98. The van der Waals surface area contributed by atoms with Gasteiger partial charge in [0.25, 0.3) is 0 Å². The summed E-state index contributed by atoms with van der Waals surface area (Å²) in [5.41, 5.74) is 2.39. The highest BCUT2D eigenvalue weighted by molar-refractivity contribution is 7.09. The van der Waals surface area contributed by atoms with Crippen LogP contribution in [-0.4, -0.2) is 18.1 Å². The number of ether oxygens (including phenoxy) is 1. The smallest absolute Gasteiger partial charge is 0.122 e. The molecule has 0 aliphatic carbocycles. The number of aryl methyl sites for hydroxylation is 1. The molecule has 0 aliphatic heterocycles. The summed E-state index contributed by atoms with van der Waals surface area (Å²) in [6.07, 6.45) is 1.87. The molecule has 0 fully saturated rings. The van der Waals surface area contributed by atoms with Gasteiger partial charge >= 0.3 is 0 Å². The zero-order valence-corrected chi connectivity index (χ0v) is 13.0. The molecule has 0 amide bonds. The first-order valence-corrected chi connectivity index (χ1v) is 8.06. The molecule has 0 unspecified atom stereocenters. The van der Waals surface area contributed by atoms with Crippen LogP contribution >= 0.6 is 11.3 Å². The van der Waals surface area contributed by atoms with Gasteiger partial charge in [0.05, 0.1) is 17.3 Å². The number of benzene rings is 1. The van der Waals surface area contributed by atoms with Gasteiger partial charge in [-0.3, -0.25) is 0 Å². The molecular formula is C16H22N2OS. The van der Waals surface area contributed by atoms with E-state index < -0.39 is 0 Å². The van der Waals surface area contributed by atoms with Gasteiger partial charge in [0.15, 0.2) is 0 Å². The van der Waals surface area contributed by atoms with Crippen LogP contribution in [0.15, 0.2) is 29.6 Å². The zero-order chi connectivity index (χ0) is 14.2. The van der Waals surface area contributed by atoms with E-state index in [0.717, 1.165) is 42.4 Å². The summed E-state index contributed by atoms with van der Waals surface area (Å²) in [5.74, 6) is 0.999. The third kappa shape index (κ3) is 4.32. The number of thiazole rings is 1. The van der Waals surface area contributed by atoms with Gasteiger partial charge in [-0.2, -0.15) is 0 Å². The Morgan fingerprint density at radius 1 is 1.25 bits per heavy atom. The lowest BCUT2D eigenvalue weighted by molar-refractivity contribution is 0.318. The van der Waals surface area contributed by atoms with Crippen molar-refractivity contribution < 1.29 is 4.74 Å². The molecular weight excluding hydrogens is 268 g/mol. The molecule has 4 heteroatoms. The van der Waals surface area contributed by atoms with Crippen molar-refractivity contribution in [1.82, 2.24) is 10.3 Å². The van der Waals surface area contributed by atoms with Gasteiger partial charge in [0, 0.05) is 18.3 Å². The molecule has 0 spiro atoms. The van der Waals surface area contributed by atoms with Crippen LogP contribution in [0.1, 0.15) is 30.1 Å². The van der Waals surface area contributed by atoms with Gasteiger partial charge in [0.1, 0.15) is 5.75 Å². The Hall–Kier alpha value is -1.39. The van der Waals surface area contributed by atoms with Crippen LogP contribution in [0.25, 0.3) is 0 Å². The highest BCUT2D eigenvalue weighted by atomic mass is 32.1. The Bertz CT molecular complexity index is 525. The molecule has 0 radical (unpaired) electrons. The number of nitrogens with zero attached hydrogens (tertiary/aromatic N) is 1. The third-order valence-corrected chi connectivity index (χ3v) is 4.04. The van der Waals surface area contributed by atoms with Crippen molar-refractivity contribution in [2.75, 3.05) is 13.2 Å². The number of para-hydroxylation sites is 1. The van der Waals surface area contributed by atoms with E-state index >= 15 is 0 Å². The highest BCUT2D eigenvalue weighted by Gasteiger charge is 2.04. The van der Waals surface area contributed by atoms with E-state index in [0.29, 0.717) is 6.61 Å². The van der Waals surface area contributed by atoms with Crippen molar-refractivity contribution in [3.05, 3.63) is 45.9 Å². The number of rotatable bonds is 8. The van der Waals surface area contributed by atoms with E-state index in [2.05, 4.69) is 41.7 Å². The standard InChI is InChI=1S/C16H22N2OS/c1-3-13-7-5-6-8-15(13)19-10-9-16-18-14(12-20-16)11-17-4-2/h5-8,12,17H,3-4,9-11H2,1-2H3. The maximum atomic E-state index is 5.87. The molecule has 1 N–H and O–H groups in total. The quantitative estimate of drug-likeness (QED) is 0.808. The second kappa shape index (κ2) is 8.02. The molecule has 2 rings (SSSR count). The first-order chi connectivity index (χ1) is 9.83. The lowest BCUT2D eigenvalue weighted by Gasteiger charge is -2.09. The van der Waals surface area contributed by atoms with Crippen LogP contribution in [0.5, 0.6) is 5.75 Å². The van der Waals surface area contributed by atoms with Gasteiger partial charge in [-0.15, -0.1) is 11.3 Å². The molecule has 0 saturated carbocycles. The summed E-state index contributed by atoms with van der Waals surface area (Å²) in [7, 11) is 0. The number of nitrogens with one attached hydrogen (secondary N) is 1. The maximum absolute atomic E-state index is 5.87. The van der Waals surface area contributed by atoms with E-state index in [9.17, 15) is 0 Å². The Morgan fingerprint density at radius 2 is 2.10 bits per heavy atom. The van der Waals surface area contributed by atoms with Crippen LogP contribution in [-0.2, 0) is 19.4 Å². The Balaban J connectivity index is 1.82. The first-order valence-electron chi connectivity index (χ1n) is 7.18. The second-order valence-electron chi connectivity index (χ2n) is 4.57. The fourth-order valence-corrected chi connectivity index (χ4v) is 2.76. The summed E-state index contributed by atoms with van der Waals surface area (Å²) < 4.78 is 5.87. The predicted molar refractivity (Wildman–Crippen MR) is 84.5 cm³/mol. The Morgan fingerprint density at radius 3 is 2.90 bits per heavy atom. The fraction of sp³-hybridized carbons (Fsp3) is 0.438. The minimum Gasteiger partial charge on any atom is -0.493 e. The minimum absolute atomic E-state index is 0.686. The van der Waals surface area contributed by atoms with E-state index in [4.69, 9.17) is 4.74 Å². The molecule has 2 aromatic rings. The van der Waals surface area contributed by atoms with Crippen LogP contribution in [0.4, 0.5) is 0 Å². The molecule has 0 atom stereocenters. The number of aromatic nitrogens is 1. The molecule has 20 heavy (non-hydrogen) atoms.